The van der Waals surface area contributed by atoms with Gasteiger partial charge in [0.15, 0.2) is 14.6 Å². The lowest BCUT2D eigenvalue weighted by Gasteiger charge is -2.70. The molecule has 1 aromatic carbocycles. The number of nitrogens with zero attached hydrogens (tertiary/aromatic N) is 3. The Balaban J connectivity index is 1.21. The lowest BCUT2D eigenvalue weighted by atomic mass is 9.40. The monoisotopic (exact) mass is 703 g/mol. The van der Waals surface area contributed by atoms with Crippen LogP contribution >= 0.6 is 0 Å². The van der Waals surface area contributed by atoms with E-state index in [9.17, 15) is 0 Å². The molecule has 2 bridgehead atoms. The van der Waals surface area contributed by atoms with Crippen LogP contribution in [0.15, 0.2) is 52.1 Å². The van der Waals surface area contributed by atoms with Crippen LogP contribution in [-0.4, -0.2) is 59.6 Å². The summed E-state index contributed by atoms with van der Waals surface area (Å²) in [5.74, 6) is 0.632. The molecule has 1 aromatic heterocycles. The Kier molecular flexibility index (Phi) is 7.17. The molecule has 50 heavy (non-hydrogen) atoms. The number of epoxide rings is 1. The molecular formula is C40H57N3O6Si. The minimum atomic E-state index is -2.17. The van der Waals surface area contributed by atoms with Crippen molar-refractivity contribution < 1.29 is 18.6 Å². The third kappa shape index (κ3) is 4.09. The number of aromatic nitrogens is 3. The van der Waals surface area contributed by atoms with E-state index in [1.54, 1.807) is 0 Å². The van der Waals surface area contributed by atoms with E-state index in [0.29, 0.717) is 18.0 Å². The fourth-order valence-electron chi connectivity index (χ4n) is 12.4. The average molecular weight is 704 g/mol. The number of hydrogen-bond donors (Lipinski definition) is 0. The number of benzene rings is 1. The molecule has 4 aliphatic heterocycles. The molecule has 0 radical (unpaired) electrons. The third-order valence-corrected chi connectivity index (χ3v) is 20.3. The van der Waals surface area contributed by atoms with Crippen LogP contribution in [0.25, 0.3) is 5.69 Å². The summed E-state index contributed by atoms with van der Waals surface area (Å²) in [4.78, 5) is 30.2. The molecule has 0 N–H and O–H groups in total. The van der Waals surface area contributed by atoms with Gasteiger partial charge in [-0.3, -0.25) is 0 Å². The highest BCUT2D eigenvalue weighted by Gasteiger charge is 2.81. The molecule has 1 unspecified atom stereocenters. The van der Waals surface area contributed by atoms with Gasteiger partial charge in [-0.05, 0) is 105 Å². The van der Waals surface area contributed by atoms with Gasteiger partial charge in [-0.2, -0.15) is 0 Å². The second-order valence-corrected chi connectivity index (χ2v) is 23.7. The lowest BCUT2D eigenvalue weighted by molar-refractivity contribution is -0.218. The van der Waals surface area contributed by atoms with E-state index >= 15 is 9.59 Å². The van der Waals surface area contributed by atoms with E-state index in [4.69, 9.17) is 18.6 Å². The molecule has 3 saturated carbocycles. The second-order valence-electron chi connectivity index (χ2n) is 18.9. The quantitative estimate of drug-likeness (QED) is 0.189. The van der Waals surface area contributed by atoms with Crippen molar-refractivity contribution in [3.63, 3.8) is 0 Å². The summed E-state index contributed by atoms with van der Waals surface area (Å²) in [7, 11) is -2.17. The highest BCUT2D eigenvalue weighted by atomic mass is 28.4. The topological polar surface area (TPSA) is 89.2 Å². The number of rotatable bonds is 6. The number of allylic oxidation sites excluding steroid dienone is 2. The second kappa shape index (κ2) is 10.7. The minimum Gasteiger partial charge on any atom is -0.411 e. The van der Waals surface area contributed by atoms with Gasteiger partial charge in [0, 0.05) is 18.4 Å². The van der Waals surface area contributed by atoms with Crippen LogP contribution in [-0.2, 0) is 29.7 Å². The Morgan fingerprint density at radius 1 is 0.940 bits per heavy atom. The van der Waals surface area contributed by atoms with Crippen LogP contribution in [0.4, 0.5) is 0 Å². The molecule has 0 amide bonds. The number of hydrogen-bond acceptors (Lipinski definition) is 6. The van der Waals surface area contributed by atoms with Gasteiger partial charge in [-0.1, -0.05) is 65.0 Å². The van der Waals surface area contributed by atoms with Crippen molar-refractivity contribution >= 4 is 8.32 Å². The van der Waals surface area contributed by atoms with E-state index in [2.05, 4.69) is 66.8 Å². The molecule has 10 heteroatoms. The van der Waals surface area contributed by atoms with Crippen molar-refractivity contribution in [2.45, 2.75) is 153 Å². The maximum atomic E-state index is 15.1. The zero-order chi connectivity index (χ0) is 35.2. The normalized spacial score (nSPS) is 43.4. The summed E-state index contributed by atoms with van der Waals surface area (Å²) >= 11 is 0. The van der Waals surface area contributed by atoms with Gasteiger partial charge in [0.2, 0.25) is 0 Å². The zero-order valence-corrected chi connectivity index (χ0v) is 32.3. The predicted molar refractivity (Wildman–Crippen MR) is 194 cm³/mol. The van der Waals surface area contributed by atoms with E-state index in [1.807, 2.05) is 39.7 Å². The fourth-order valence-corrected chi connectivity index (χ4v) is 13.7. The number of ether oxygens (including phenoxy) is 3. The van der Waals surface area contributed by atoms with Gasteiger partial charge in [0.25, 0.3) is 0 Å². The lowest BCUT2D eigenvalue weighted by Crippen LogP contribution is -2.78. The van der Waals surface area contributed by atoms with Crippen molar-refractivity contribution in [1.82, 2.24) is 13.9 Å². The van der Waals surface area contributed by atoms with Gasteiger partial charge in [-0.25, -0.2) is 23.5 Å². The molecule has 10 rings (SSSR count). The minimum absolute atomic E-state index is 0.00480. The first-order valence-electron chi connectivity index (χ1n) is 19.5. The molecular weight excluding hydrogens is 647 g/mol. The third-order valence-electron chi connectivity index (χ3n) is 15.8. The van der Waals surface area contributed by atoms with Gasteiger partial charge < -0.3 is 18.6 Å². The van der Waals surface area contributed by atoms with Gasteiger partial charge in [0.1, 0.15) is 6.10 Å². The molecule has 9 nitrogen and oxygen atoms in total. The summed E-state index contributed by atoms with van der Waals surface area (Å²) in [6.07, 6.45) is 12.3. The van der Waals surface area contributed by atoms with Crippen molar-refractivity contribution in [1.29, 1.82) is 0 Å². The molecule has 4 aliphatic carbocycles. The Morgan fingerprint density at radius 2 is 1.68 bits per heavy atom. The molecule has 8 aliphatic rings. The first kappa shape index (κ1) is 33.6. The molecule has 2 saturated heterocycles. The van der Waals surface area contributed by atoms with Crippen molar-refractivity contribution in [3.05, 3.63) is 63.5 Å². The number of fused-ring (bicyclic) bond motifs is 2. The molecule has 5 heterocycles. The van der Waals surface area contributed by atoms with Crippen LogP contribution in [0, 0.1) is 28.6 Å². The molecule has 12 atom stereocenters. The molecule has 2 aromatic rings. The van der Waals surface area contributed by atoms with E-state index in [0.717, 1.165) is 51.6 Å². The standard InChI is InChI=1S/C40H57N3O6Si/c1-25(47-31-16-12-13-23-46-31)27-17-18-29-37(27,5)20-19-30-38(6)33-32(48-33)28(49-50(7,8)36(2,3)4)24-39(38)21-22-40(29,30)43-35(45)41(34(44)42(39)43)26-14-10-9-11-15-26/h9-11,14-15,21-22,25,27-33H,12-13,16-20,23-24H2,1-8H3/t25-,27-,28-,29-,30-,31?,32+,33+,37-,38+,39-,40+/m1/s1. The first-order chi connectivity index (χ1) is 23.6. The van der Waals surface area contributed by atoms with Crippen molar-refractivity contribution in [2.75, 3.05) is 6.61 Å². The van der Waals surface area contributed by atoms with E-state index in [1.165, 1.54) is 4.57 Å². The van der Waals surface area contributed by atoms with Gasteiger partial charge in [-0.15, -0.1) is 0 Å². The Bertz CT molecular complexity index is 1840. The largest absolute Gasteiger partial charge is 0.411 e. The summed E-state index contributed by atoms with van der Waals surface area (Å²) in [6, 6.07) is 9.50. The average Bonchev–Trinajstić information content (AvgIpc) is 3.74. The van der Waals surface area contributed by atoms with Crippen LogP contribution in [0.5, 0.6) is 0 Å². The Hall–Kier alpha value is -2.24. The first-order valence-corrected chi connectivity index (χ1v) is 22.4. The van der Waals surface area contributed by atoms with Crippen LogP contribution in [0.3, 0.4) is 0 Å². The van der Waals surface area contributed by atoms with E-state index in [-0.39, 0.29) is 69.8 Å². The van der Waals surface area contributed by atoms with Crippen LogP contribution < -0.4 is 11.4 Å². The predicted octanol–water partition coefficient (Wildman–Crippen LogP) is 6.72. The summed E-state index contributed by atoms with van der Waals surface area (Å²) in [5, 5.41) is 0.0340. The summed E-state index contributed by atoms with van der Waals surface area (Å²) < 4.78 is 32.0. The SMILES string of the molecule is C[C@@H](OC1CCCCO1)[C@H]1CC[C@@H]2[C@]1(C)CC[C@H]1[C@]23C=C[C@]2(C[C@@H](O[Si](C)(C)C(C)(C)C)[C@@H]4O[C@@H]4[C@]12C)n1c(=O)n(-c2ccccc2)c(=O)n13. The van der Waals surface area contributed by atoms with Crippen LogP contribution in [0.1, 0.15) is 92.9 Å². The summed E-state index contributed by atoms with van der Waals surface area (Å²) in [6.45, 7) is 19.3. The van der Waals surface area contributed by atoms with Crippen molar-refractivity contribution in [2.24, 2.45) is 28.6 Å². The molecule has 2 spiro atoms. The maximum absolute atomic E-state index is 15.1. The highest BCUT2D eigenvalue weighted by molar-refractivity contribution is 6.74. The van der Waals surface area contributed by atoms with Gasteiger partial charge in [0.05, 0.1) is 35.1 Å². The highest BCUT2D eigenvalue weighted by Crippen LogP contribution is 2.76. The van der Waals surface area contributed by atoms with E-state index < -0.39 is 19.4 Å². The zero-order valence-electron chi connectivity index (χ0n) is 31.3. The number of para-hydroxylation sites is 1. The fraction of sp³-hybridized carbons (Fsp3) is 0.750. The van der Waals surface area contributed by atoms with Crippen LogP contribution in [0.2, 0.25) is 18.1 Å². The van der Waals surface area contributed by atoms with Crippen molar-refractivity contribution in [3.8, 4) is 5.69 Å². The molecule has 272 valence electrons. The molecule has 5 fully saturated rings. The van der Waals surface area contributed by atoms with Gasteiger partial charge >= 0.3 is 11.4 Å². The smallest absolute Gasteiger partial charge is 0.352 e. The summed E-state index contributed by atoms with van der Waals surface area (Å²) in [5.41, 5.74) is -1.73. The maximum Gasteiger partial charge on any atom is 0.352 e. The Morgan fingerprint density at radius 3 is 2.38 bits per heavy atom. The Labute approximate surface area is 297 Å².